The number of aromatic nitrogens is 1. The standard InChI is InChI=1S/C25H25N5O6/c1-35-16-4-2-3-13-12(16)8-15(27-13)21(31)28-14(7-11-5-6-11)22(32)30-25(10-26)9-17-18-19(20(25)36-17)24(34)29-23(18)33/h2-4,8,11,14,17-20,27H,5-7,9H2,1H3,(H,28,31)(H,30,32)(H,29,33,34)/t14?,17-,18-,19-,20-,25?/m0/s1. The lowest BCUT2D eigenvalue weighted by molar-refractivity contribution is -0.130. The minimum Gasteiger partial charge on any atom is -0.496 e. The summed E-state index contributed by atoms with van der Waals surface area (Å²) in [4.78, 5) is 54.1. The van der Waals surface area contributed by atoms with Crippen molar-refractivity contribution in [3.05, 3.63) is 30.0 Å². The maximum absolute atomic E-state index is 13.5. The quantitative estimate of drug-likeness (QED) is 0.410. The summed E-state index contributed by atoms with van der Waals surface area (Å²) in [5.74, 6) is -2.37. The molecule has 1 aliphatic carbocycles. The summed E-state index contributed by atoms with van der Waals surface area (Å²) in [6.07, 6.45) is 0.922. The van der Waals surface area contributed by atoms with Crippen molar-refractivity contribution in [2.45, 2.75) is 49.5 Å². The Hall–Kier alpha value is -3.91. The number of aromatic amines is 1. The van der Waals surface area contributed by atoms with E-state index in [4.69, 9.17) is 9.47 Å². The first-order valence-corrected chi connectivity index (χ1v) is 12.0. The molecule has 4 amide bonds. The monoisotopic (exact) mass is 491 g/mol. The van der Waals surface area contributed by atoms with Gasteiger partial charge in [-0.1, -0.05) is 18.9 Å². The molecule has 36 heavy (non-hydrogen) atoms. The molecule has 0 spiro atoms. The number of carbonyl (C=O) groups excluding carboxylic acids is 4. The fourth-order valence-corrected chi connectivity index (χ4v) is 5.88. The third-order valence-electron chi connectivity index (χ3n) is 7.82. The molecule has 0 radical (unpaired) electrons. The predicted molar refractivity (Wildman–Crippen MR) is 123 cm³/mol. The van der Waals surface area contributed by atoms with Crippen molar-refractivity contribution in [2.75, 3.05) is 7.11 Å². The zero-order chi connectivity index (χ0) is 25.2. The molecule has 2 bridgehead atoms. The van der Waals surface area contributed by atoms with E-state index < -0.39 is 59.3 Å². The number of rotatable bonds is 7. The van der Waals surface area contributed by atoms with Crippen molar-refractivity contribution >= 4 is 34.5 Å². The number of hydrogen-bond acceptors (Lipinski definition) is 7. The molecule has 1 aromatic carbocycles. The molecule has 4 aliphatic rings. The highest BCUT2D eigenvalue weighted by Crippen LogP contribution is 2.50. The maximum Gasteiger partial charge on any atom is 0.268 e. The van der Waals surface area contributed by atoms with Gasteiger partial charge in [-0.2, -0.15) is 5.26 Å². The van der Waals surface area contributed by atoms with Gasteiger partial charge in [0, 0.05) is 17.3 Å². The fourth-order valence-electron chi connectivity index (χ4n) is 5.88. The molecular formula is C25H25N5O6. The van der Waals surface area contributed by atoms with Crippen LogP contribution in [0.25, 0.3) is 10.9 Å². The van der Waals surface area contributed by atoms with Gasteiger partial charge in [-0.15, -0.1) is 0 Å². The highest BCUT2D eigenvalue weighted by molar-refractivity contribution is 6.06. The number of benzene rings is 1. The Labute approximate surface area is 205 Å². The molecule has 6 rings (SSSR count). The van der Waals surface area contributed by atoms with Crippen LogP contribution in [0.4, 0.5) is 0 Å². The van der Waals surface area contributed by atoms with Gasteiger partial charge in [0.15, 0.2) is 5.54 Å². The van der Waals surface area contributed by atoms with Gasteiger partial charge >= 0.3 is 0 Å². The third kappa shape index (κ3) is 3.44. The fraction of sp³-hybridized carbons (Fsp3) is 0.480. The van der Waals surface area contributed by atoms with Crippen molar-refractivity contribution in [3.8, 4) is 11.8 Å². The van der Waals surface area contributed by atoms with E-state index in [1.54, 1.807) is 19.2 Å². The lowest BCUT2D eigenvalue weighted by atomic mass is 9.71. The van der Waals surface area contributed by atoms with Crippen molar-refractivity contribution in [2.24, 2.45) is 17.8 Å². The van der Waals surface area contributed by atoms with E-state index in [2.05, 4.69) is 27.0 Å². The molecule has 4 fully saturated rings. The van der Waals surface area contributed by atoms with Crippen LogP contribution in [0, 0.1) is 29.1 Å². The average molecular weight is 492 g/mol. The van der Waals surface area contributed by atoms with Crippen LogP contribution in [0.15, 0.2) is 24.3 Å². The second-order valence-corrected chi connectivity index (χ2v) is 10.1. The van der Waals surface area contributed by atoms with E-state index in [0.717, 1.165) is 23.7 Å². The lowest BCUT2D eigenvalue weighted by Crippen LogP contribution is -2.62. The van der Waals surface area contributed by atoms with Gasteiger partial charge in [0.1, 0.15) is 23.6 Å². The second-order valence-electron chi connectivity index (χ2n) is 10.1. The number of fused-ring (bicyclic) bond motifs is 6. The molecule has 3 aliphatic heterocycles. The minimum atomic E-state index is -1.45. The molecule has 11 heteroatoms. The van der Waals surface area contributed by atoms with Crippen LogP contribution in [0.2, 0.25) is 0 Å². The summed E-state index contributed by atoms with van der Waals surface area (Å²) < 4.78 is 11.2. The number of carbonyl (C=O) groups is 4. The maximum atomic E-state index is 13.5. The number of nitriles is 1. The predicted octanol–water partition coefficient (Wildman–Crippen LogP) is 0.513. The van der Waals surface area contributed by atoms with Gasteiger partial charge in [0.05, 0.1) is 31.1 Å². The molecule has 1 saturated carbocycles. The number of hydrogen-bond donors (Lipinski definition) is 4. The smallest absolute Gasteiger partial charge is 0.268 e. The van der Waals surface area contributed by atoms with Crippen LogP contribution in [-0.2, 0) is 19.1 Å². The van der Waals surface area contributed by atoms with Crippen LogP contribution < -0.4 is 20.7 Å². The van der Waals surface area contributed by atoms with Crippen molar-refractivity contribution in [1.29, 1.82) is 5.26 Å². The largest absolute Gasteiger partial charge is 0.496 e. The highest BCUT2D eigenvalue weighted by atomic mass is 16.5. The Bertz CT molecular complexity index is 1340. The van der Waals surface area contributed by atoms with Crippen LogP contribution in [-0.4, -0.2) is 59.5 Å². The molecular weight excluding hydrogens is 466 g/mol. The molecule has 2 aromatic rings. The van der Waals surface area contributed by atoms with Crippen molar-refractivity contribution in [1.82, 2.24) is 20.9 Å². The number of imide groups is 1. The third-order valence-corrected chi connectivity index (χ3v) is 7.82. The van der Waals surface area contributed by atoms with E-state index in [-0.39, 0.29) is 12.1 Å². The summed E-state index contributed by atoms with van der Waals surface area (Å²) in [5, 5.41) is 18.7. The molecule has 4 heterocycles. The summed E-state index contributed by atoms with van der Waals surface area (Å²) in [6.45, 7) is 0. The summed E-state index contributed by atoms with van der Waals surface area (Å²) in [6, 6.07) is 8.37. The Morgan fingerprint density at radius 1 is 1.28 bits per heavy atom. The number of nitrogens with one attached hydrogen (secondary N) is 4. The first-order chi connectivity index (χ1) is 17.3. The van der Waals surface area contributed by atoms with Crippen LogP contribution in [0.3, 0.4) is 0 Å². The Balaban J connectivity index is 1.22. The molecule has 6 atom stereocenters. The first-order valence-electron chi connectivity index (χ1n) is 12.0. The number of methoxy groups -OCH3 is 1. The average Bonchev–Trinajstić information content (AvgIpc) is 3.19. The molecule has 1 aromatic heterocycles. The minimum absolute atomic E-state index is 0.105. The highest BCUT2D eigenvalue weighted by Gasteiger charge is 2.69. The van der Waals surface area contributed by atoms with Crippen LogP contribution in [0.1, 0.15) is 36.2 Å². The zero-order valence-corrected chi connectivity index (χ0v) is 19.5. The van der Waals surface area contributed by atoms with E-state index in [9.17, 15) is 24.4 Å². The normalized spacial score (nSPS) is 31.0. The Morgan fingerprint density at radius 2 is 2.06 bits per heavy atom. The Morgan fingerprint density at radius 3 is 2.78 bits per heavy atom. The van der Waals surface area contributed by atoms with Gasteiger partial charge in [-0.25, -0.2) is 0 Å². The van der Waals surface area contributed by atoms with Crippen molar-refractivity contribution < 1.29 is 28.7 Å². The van der Waals surface area contributed by atoms with Crippen LogP contribution >= 0.6 is 0 Å². The van der Waals surface area contributed by atoms with E-state index in [1.165, 1.54) is 0 Å². The zero-order valence-electron chi connectivity index (χ0n) is 19.5. The van der Waals surface area contributed by atoms with E-state index in [1.807, 2.05) is 12.1 Å². The van der Waals surface area contributed by atoms with Gasteiger partial charge in [0.2, 0.25) is 17.7 Å². The van der Waals surface area contributed by atoms with Crippen molar-refractivity contribution in [3.63, 3.8) is 0 Å². The molecule has 11 nitrogen and oxygen atoms in total. The van der Waals surface area contributed by atoms with Gasteiger partial charge < -0.3 is 25.1 Å². The van der Waals surface area contributed by atoms with Gasteiger partial charge in [0.25, 0.3) is 5.91 Å². The molecule has 186 valence electrons. The SMILES string of the molecule is COc1cccc2[nH]c(C(=O)NC(CC3CC3)C(=O)NC3(C#N)C[C@@H]4O[C@H]3[C@H]3C(=O)NC(=O)[C@H]34)cc12. The number of ether oxygens (including phenoxy) is 2. The molecule has 3 saturated heterocycles. The van der Waals surface area contributed by atoms with E-state index in [0.29, 0.717) is 18.1 Å². The summed E-state index contributed by atoms with van der Waals surface area (Å²) >= 11 is 0. The second kappa shape index (κ2) is 8.06. The van der Waals surface area contributed by atoms with Crippen LogP contribution in [0.5, 0.6) is 5.75 Å². The number of amides is 4. The topological polar surface area (TPSA) is 162 Å². The van der Waals surface area contributed by atoms with Gasteiger partial charge in [-0.3, -0.25) is 24.5 Å². The molecule has 4 N–H and O–H groups in total. The number of nitrogens with zero attached hydrogens (tertiary/aromatic N) is 1. The number of H-pyrrole nitrogens is 1. The first kappa shape index (κ1) is 22.5. The summed E-state index contributed by atoms with van der Waals surface area (Å²) in [5.41, 5.74) is -0.444. The van der Waals surface area contributed by atoms with Gasteiger partial charge in [-0.05, 0) is 30.5 Å². The summed E-state index contributed by atoms with van der Waals surface area (Å²) in [7, 11) is 1.55. The molecule has 2 unspecified atom stereocenters. The lowest BCUT2D eigenvalue weighted by Gasteiger charge is -2.34. The van der Waals surface area contributed by atoms with E-state index >= 15 is 0 Å². The Kier molecular flexibility index (Phi) is 5.05.